The van der Waals surface area contributed by atoms with Crippen LogP contribution in [0.3, 0.4) is 0 Å². The Morgan fingerprint density at radius 2 is 1.81 bits per heavy atom. The summed E-state index contributed by atoms with van der Waals surface area (Å²) in [7, 11) is -2.54. The minimum absolute atomic E-state index is 0.0222. The van der Waals surface area contributed by atoms with Crippen LogP contribution in [0.1, 0.15) is 62.4 Å². The van der Waals surface area contributed by atoms with Crippen LogP contribution in [0.4, 0.5) is 17.1 Å². The summed E-state index contributed by atoms with van der Waals surface area (Å²) in [6.07, 6.45) is 7.15. The Morgan fingerprint density at radius 1 is 1.03 bits per heavy atom. The van der Waals surface area contributed by atoms with Crippen molar-refractivity contribution in [2.75, 3.05) is 82.8 Å². The molecule has 67 heavy (non-hydrogen) atoms. The Balaban J connectivity index is 0.919. The van der Waals surface area contributed by atoms with Gasteiger partial charge in [0.25, 0.3) is 21.6 Å². The van der Waals surface area contributed by atoms with E-state index in [9.17, 15) is 23.3 Å². The molecule has 2 saturated heterocycles. The summed E-state index contributed by atoms with van der Waals surface area (Å²) in [5.41, 5.74) is 5.37. The van der Waals surface area contributed by atoms with Crippen LogP contribution in [0, 0.1) is 15.5 Å². The van der Waals surface area contributed by atoms with Gasteiger partial charge in [0.1, 0.15) is 23.8 Å². The number of rotatable bonds is 13. The van der Waals surface area contributed by atoms with Crippen LogP contribution in [0.5, 0.6) is 17.2 Å². The van der Waals surface area contributed by atoms with Crippen LogP contribution in [0.25, 0.3) is 16.6 Å². The molecule has 5 aromatic rings. The molecule has 0 saturated carbocycles. The Kier molecular flexibility index (Phi) is 13.2. The van der Waals surface area contributed by atoms with Crippen molar-refractivity contribution in [1.82, 2.24) is 29.4 Å². The van der Waals surface area contributed by atoms with Crippen molar-refractivity contribution in [2.45, 2.75) is 63.4 Å². The molecule has 3 N–H and O–H groups in total. The maximum absolute atomic E-state index is 14.1. The largest absolute Gasteiger partial charge is 0.489 e. The van der Waals surface area contributed by atoms with Crippen molar-refractivity contribution < 1.29 is 27.6 Å². The number of sulfonamides is 1. The molecule has 2 atom stereocenters. The lowest BCUT2D eigenvalue weighted by Crippen LogP contribution is -2.50. The number of pyridine rings is 1. The highest BCUT2D eigenvalue weighted by atomic mass is 35.5. The van der Waals surface area contributed by atoms with Crippen molar-refractivity contribution in [3.8, 4) is 17.2 Å². The highest BCUT2D eigenvalue weighted by molar-refractivity contribution is 7.90. The summed E-state index contributed by atoms with van der Waals surface area (Å²) in [4.78, 5) is 42.3. The lowest BCUT2D eigenvalue weighted by Gasteiger charge is -2.39. The number of nitro benzene ring substituents is 1. The number of amides is 1. The van der Waals surface area contributed by atoms with Crippen molar-refractivity contribution in [3.63, 3.8) is 0 Å². The van der Waals surface area contributed by atoms with Gasteiger partial charge < -0.3 is 34.5 Å². The van der Waals surface area contributed by atoms with Gasteiger partial charge in [0, 0.05) is 105 Å². The number of likely N-dealkylation sites (N-methyl/N-ethyl adjacent to an activating group) is 1. The SMILES string of the molecule is CC1CN(CCC2COc3cc(S(=O)(=O)NC(=O)c4ccc(N5CCN(CC6=C(c7ccc(Cl)cc7)CC(C)(C)CC6)CC5)cc4Oc4cnc5[nH]ccc5c4)cc([N+](=O)[O-])c3N2)CCN1C. The Hall–Kier alpha value is -5.72. The number of hydrogen-bond acceptors (Lipinski definition) is 13. The number of nitro groups is 1. The van der Waals surface area contributed by atoms with Gasteiger partial charge in [-0.05, 0) is 92.6 Å². The minimum atomic E-state index is -4.66. The van der Waals surface area contributed by atoms with Crippen LogP contribution >= 0.6 is 11.6 Å². The normalized spacial score (nSPS) is 20.5. The smallest absolute Gasteiger partial charge is 0.297 e. The van der Waals surface area contributed by atoms with E-state index in [4.69, 9.17) is 21.1 Å². The molecule has 2 aromatic heterocycles. The third-order valence-corrected chi connectivity index (χ3v) is 15.3. The van der Waals surface area contributed by atoms with Crippen LogP contribution in [-0.2, 0) is 10.0 Å². The zero-order chi connectivity index (χ0) is 47.0. The molecule has 2 fully saturated rings. The van der Waals surface area contributed by atoms with Crippen LogP contribution in [0.15, 0.2) is 89.6 Å². The summed E-state index contributed by atoms with van der Waals surface area (Å²) >= 11 is 6.26. The number of nitrogens with zero attached hydrogens (tertiary/aromatic N) is 6. The summed E-state index contributed by atoms with van der Waals surface area (Å²) in [5.74, 6) is -0.486. The maximum atomic E-state index is 14.1. The van der Waals surface area contributed by atoms with Crippen molar-refractivity contribution in [1.29, 1.82) is 0 Å². The first-order chi connectivity index (χ1) is 32.1. The number of aromatic amines is 1. The number of carbonyl (C=O) groups is 1. The number of fused-ring (bicyclic) bond motifs is 2. The minimum Gasteiger partial charge on any atom is -0.489 e. The van der Waals surface area contributed by atoms with Gasteiger partial charge in [0.05, 0.1) is 27.6 Å². The second-order valence-electron chi connectivity index (χ2n) is 19.1. The number of carbonyl (C=O) groups excluding carboxylic acids is 1. The molecule has 2 unspecified atom stereocenters. The van der Waals surface area contributed by atoms with Gasteiger partial charge >= 0.3 is 0 Å². The summed E-state index contributed by atoms with van der Waals surface area (Å²) < 4.78 is 42.4. The van der Waals surface area contributed by atoms with Crippen LogP contribution < -0.4 is 24.4 Å². The lowest BCUT2D eigenvalue weighted by molar-refractivity contribution is -0.384. The van der Waals surface area contributed by atoms with E-state index in [2.05, 4.69) is 79.6 Å². The van der Waals surface area contributed by atoms with Gasteiger partial charge in [-0.15, -0.1) is 0 Å². The van der Waals surface area contributed by atoms with Crippen molar-refractivity contribution in [3.05, 3.63) is 111 Å². The number of halogens is 1. The highest BCUT2D eigenvalue weighted by Gasteiger charge is 2.34. The molecule has 4 aliphatic rings. The van der Waals surface area contributed by atoms with Gasteiger partial charge in [-0.3, -0.25) is 19.8 Å². The summed E-state index contributed by atoms with van der Waals surface area (Å²) in [6.45, 7) is 14.6. The number of ether oxygens (including phenoxy) is 2. The molecule has 5 heterocycles. The second-order valence-corrected chi connectivity index (χ2v) is 21.3. The van der Waals surface area contributed by atoms with Crippen molar-refractivity contribution in [2.24, 2.45) is 5.41 Å². The second kappa shape index (κ2) is 19.1. The van der Waals surface area contributed by atoms with Gasteiger partial charge in [-0.25, -0.2) is 18.1 Å². The molecular weight excluding hydrogens is 894 g/mol. The van der Waals surface area contributed by atoms with E-state index in [-0.39, 0.29) is 40.8 Å². The number of benzene rings is 3. The Bertz CT molecular complexity index is 2810. The van der Waals surface area contributed by atoms with E-state index in [0.29, 0.717) is 23.9 Å². The monoisotopic (exact) mass is 951 g/mol. The van der Waals surface area contributed by atoms with Gasteiger partial charge in [-0.2, -0.15) is 0 Å². The molecule has 0 radical (unpaired) electrons. The van der Waals surface area contributed by atoms with Gasteiger partial charge in [0.15, 0.2) is 11.4 Å². The van der Waals surface area contributed by atoms with E-state index >= 15 is 0 Å². The average Bonchev–Trinajstić information content (AvgIpc) is 3.78. The van der Waals surface area contributed by atoms with Crippen LogP contribution in [0.2, 0.25) is 5.02 Å². The Morgan fingerprint density at radius 3 is 2.57 bits per heavy atom. The summed E-state index contributed by atoms with van der Waals surface area (Å²) in [5, 5.41) is 17.2. The fourth-order valence-electron chi connectivity index (χ4n) is 9.61. The lowest BCUT2D eigenvalue weighted by atomic mass is 9.72. The van der Waals surface area contributed by atoms with Crippen molar-refractivity contribution >= 4 is 61.2 Å². The van der Waals surface area contributed by atoms with E-state index in [1.807, 2.05) is 18.2 Å². The topological polar surface area (TPSA) is 179 Å². The van der Waals surface area contributed by atoms with E-state index in [1.54, 1.807) is 30.5 Å². The molecular formula is C49H58ClN9O7S. The first-order valence-electron chi connectivity index (χ1n) is 23.0. The number of aromatic nitrogens is 2. The van der Waals surface area contributed by atoms with Crippen LogP contribution in [-0.4, -0.2) is 129 Å². The number of piperazine rings is 2. The van der Waals surface area contributed by atoms with E-state index < -0.39 is 31.4 Å². The number of anilines is 2. The number of allylic oxidation sites excluding steroid dienone is 1. The highest BCUT2D eigenvalue weighted by Crippen LogP contribution is 2.44. The predicted octanol–water partition coefficient (Wildman–Crippen LogP) is 8.02. The summed E-state index contributed by atoms with van der Waals surface area (Å²) in [6, 6.07) is 19.2. The Labute approximate surface area is 396 Å². The van der Waals surface area contributed by atoms with Gasteiger partial charge in [0.2, 0.25) is 0 Å². The molecule has 18 heteroatoms. The zero-order valence-corrected chi connectivity index (χ0v) is 40.0. The number of hydrogen-bond donors (Lipinski definition) is 3. The molecule has 1 aliphatic carbocycles. The quantitative estimate of drug-likeness (QED) is 0.0764. The molecule has 354 valence electrons. The average molecular weight is 953 g/mol. The molecule has 3 aliphatic heterocycles. The molecule has 9 rings (SSSR count). The molecule has 3 aromatic carbocycles. The zero-order valence-electron chi connectivity index (χ0n) is 38.4. The van der Waals surface area contributed by atoms with Gasteiger partial charge in [-0.1, -0.05) is 43.2 Å². The molecule has 1 amide bonds. The fourth-order valence-corrected chi connectivity index (χ4v) is 10.7. The third kappa shape index (κ3) is 10.6. The first-order valence-corrected chi connectivity index (χ1v) is 24.8. The number of nitrogens with one attached hydrogen (secondary N) is 3. The number of H-pyrrole nitrogens is 1. The van der Waals surface area contributed by atoms with E-state index in [1.165, 1.54) is 29.0 Å². The first kappa shape index (κ1) is 46.4. The standard InChI is InChI=1S/C49H58ClN9O7S/c1-32-29-56(18-17-55(32)4)16-13-37-31-65-45-26-40(25-43(59(61)62)46(45)53-37)67(63,64)54-48(60)41-10-9-38(24-44(41)66-39-23-34-12-15-51-47(34)52-28-39)58-21-19-57(20-22-58)30-35-11-14-49(2,3)27-42(35)33-5-7-36(50)8-6-33/h5-10,12,15,23-26,28,32,37,53H,11,13-14,16-22,27,29-31H2,1-4H3,(H,51,52)(H,54,60). The third-order valence-electron chi connectivity index (χ3n) is 13.8. The molecule has 16 nitrogen and oxygen atoms in total. The predicted molar refractivity (Wildman–Crippen MR) is 261 cm³/mol. The molecule has 0 bridgehead atoms. The fraction of sp³-hybridized carbons (Fsp3) is 0.429. The maximum Gasteiger partial charge on any atom is 0.297 e. The van der Waals surface area contributed by atoms with E-state index in [0.717, 1.165) is 100 Å². The molecule has 0 spiro atoms.